The van der Waals surface area contributed by atoms with E-state index >= 15 is 0 Å². The zero-order chi connectivity index (χ0) is 17.0. The lowest BCUT2D eigenvalue weighted by Crippen LogP contribution is -2.34. The fourth-order valence-electron chi connectivity index (χ4n) is 3.68. The zero-order valence-corrected chi connectivity index (χ0v) is 14.6. The van der Waals surface area contributed by atoms with Gasteiger partial charge in [0.05, 0.1) is 5.69 Å². The fourth-order valence-corrected chi connectivity index (χ4v) is 3.68. The molecule has 25 heavy (non-hydrogen) atoms. The monoisotopic (exact) mass is 338 g/mol. The molecule has 5 rings (SSSR count). The minimum atomic E-state index is 0.369. The lowest BCUT2D eigenvalue weighted by molar-refractivity contribution is 0.375. The predicted octanol–water partition coefficient (Wildman–Crippen LogP) is 2.99. The zero-order valence-electron chi connectivity index (χ0n) is 14.6. The Morgan fingerprint density at radius 2 is 1.60 bits per heavy atom. The highest BCUT2D eigenvalue weighted by Crippen LogP contribution is 2.40. The molecule has 3 aromatic rings. The summed E-state index contributed by atoms with van der Waals surface area (Å²) in [6.45, 7) is 5.97. The van der Waals surface area contributed by atoms with Gasteiger partial charge >= 0.3 is 0 Å². The van der Waals surface area contributed by atoms with Crippen LogP contribution in [0.4, 0.5) is 5.82 Å². The van der Waals surface area contributed by atoms with Crippen LogP contribution in [0.1, 0.15) is 60.7 Å². The summed E-state index contributed by atoms with van der Waals surface area (Å²) in [5.74, 6) is 3.69. The van der Waals surface area contributed by atoms with Gasteiger partial charge < -0.3 is 9.32 Å². The molecule has 0 bridgehead atoms. The van der Waals surface area contributed by atoms with E-state index in [4.69, 9.17) is 4.42 Å². The van der Waals surface area contributed by atoms with Crippen molar-refractivity contribution in [2.45, 2.75) is 51.4 Å². The van der Waals surface area contributed by atoms with Gasteiger partial charge in [0.2, 0.25) is 11.8 Å². The van der Waals surface area contributed by atoms with E-state index in [9.17, 15) is 0 Å². The second-order valence-electron chi connectivity index (χ2n) is 7.33. The summed E-state index contributed by atoms with van der Waals surface area (Å²) < 4.78 is 7.87. The largest absolute Gasteiger partial charge is 0.425 e. The molecule has 7 heteroatoms. The van der Waals surface area contributed by atoms with Crippen molar-refractivity contribution in [3.05, 3.63) is 35.3 Å². The summed E-state index contributed by atoms with van der Waals surface area (Å²) in [4.78, 5) is 6.97. The highest BCUT2D eigenvalue weighted by atomic mass is 16.4. The molecule has 1 aliphatic heterocycles. The Morgan fingerprint density at radius 1 is 0.920 bits per heavy atom. The molecule has 7 nitrogen and oxygen atoms in total. The molecule has 2 fully saturated rings. The Morgan fingerprint density at radius 3 is 2.28 bits per heavy atom. The smallest absolute Gasteiger partial charge is 0.219 e. The number of rotatable bonds is 3. The van der Waals surface area contributed by atoms with Gasteiger partial charge in [-0.3, -0.25) is 0 Å². The maximum atomic E-state index is 5.91. The highest BCUT2D eigenvalue weighted by molar-refractivity contribution is 5.52. The van der Waals surface area contributed by atoms with Gasteiger partial charge in [0.1, 0.15) is 5.82 Å². The van der Waals surface area contributed by atoms with Crippen molar-refractivity contribution in [2.75, 3.05) is 18.0 Å². The summed E-state index contributed by atoms with van der Waals surface area (Å²) in [5.41, 5.74) is 2.93. The minimum Gasteiger partial charge on any atom is -0.425 e. The summed E-state index contributed by atoms with van der Waals surface area (Å²) in [6.07, 6.45) is 4.44. The number of hydrogen-bond acceptors (Lipinski definition) is 6. The standard InChI is InChI=1S/C18H22N6O/c1-11-10-16(24-15(19-11)9-12(2)22-24)23-7-5-14(6-8-23)18-21-20-17(25-18)13-3-4-13/h9-10,13-14H,3-8H2,1-2H3. The Kier molecular flexibility index (Phi) is 3.29. The second kappa shape index (κ2) is 5.54. The van der Waals surface area contributed by atoms with Crippen LogP contribution in [-0.2, 0) is 0 Å². The fraction of sp³-hybridized carbons (Fsp3) is 0.556. The van der Waals surface area contributed by atoms with Gasteiger partial charge in [-0.1, -0.05) is 0 Å². The summed E-state index contributed by atoms with van der Waals surface area (Å²) >= 11 is 0. The van der Waals surface area contributed by atoms with E-state index < -0.39 is 0 Å². The molecule has 0 N–H and O–H groups in total. The third-order valence-electron chi connectivity index (χ3n) is 5.21. The molecule has 1 aliphatic carbocycles. The van der Waals surface area contributed by atoms with Crippen LogP contribution in [0.15, 0.2) is 16.5 Å². The molecule has 0 aromatic carbocycles. The van der Waals surface area contributed by atoms with Crippen molar-refractivity contribution in [2.24, 2.45) is 0 Å². The molecule has 0 amide bonds. The number of hydrogen-bond donors (Lipinski definition) is 0. The van der Waals surface area contributed by atoms with Crippen LogP contribution in [-0.4, -0.2) is 37.9 Å². The first-order valence-electron chi connectivity index (χ1n) is 9.09. The highest BCUT2D eigenvalue weighted by Gasteiger charge is 2.32. The molecule has 0 spiro atoms. The third-order valence-corrected chi connectivity index (χ3v) is 5.21. The number of fused-ring (bicyclic) bond motifs is 1. The molecule has 4 heterocycles. The number of piperidine rings is 1. The van der Waals surface area contributed by atoms with Crippen molar-refractivity contribution in [3.63, 3.8) is 0 Å². The number of anilines is 1. The van der Waals surface area contributed by atoms with Gasteiger partial charge in [-0.25, -0.2) is 4.98 Å². The Labute approximate surface area is 146 Å². The van der Waals surface area contributed by atoms with Gasteiger partial charge in [0.15, 0.2) is 5.65 Å². The van der Waals surface area contributed by atoms with Gasteiger partial charge in [-0.05, 0) is 39.5 Å². The summed E-state index contributed by atoms with van der Waals surface area (Å²) in [7, 11) is 0. The first kappa shape index (κ1) is 14.9. The topological polar surface area (TPSA) is 72.4 Å². The molecular formula is C18H22N6O. The normalized spacial score (nSPS) is 19.0. The number of aryl methyl sites for hydroxylation is 2. The van der Waals surface area contributed by atoms with Crippen LogP contribution in [0, 0.1) is 13.8 Å². The lowest BCUT2D eigenvalue weighted by atomic mass is 9.97. The van der Waals surface area contributed by atoms with E-state index in [1.807, 2.05) is 24.4 Å². The molecule has 0 unspecified atom stereocenters. The van der Waals surface area contributed by atoms with E-state index in [0.717, 1.165) is 60.6 Å². The van der Waals surface area contributed by atoms with Crippen LogP contribution in [0.25, 0.3) is 5.65 Å². The maximum Gasteiger partial charge on any atom is 0.219 e. The van der Waals surface area contributed by atoms with E-state index in [2.05, 4.69) is 31.2 Å². The van der Waals surface area contributed by atoms with E-state index in [-0.39, 0.29) is 0 Å². The first-order chi connectivity index (χ1) is 12.2. The molecule has 130 valence electrons. The minimum absolute atomic E-state index is 0.369. The summed E-state index contributed by atoms with van der Waals surface area (Å²) in [6, 6.07) is 4.15. The molecule has 0 atom stereocenters. The quantitative estimate of drug-likeness (QED) is 0.731. The Balaban J connectivity index is 1.36. The van der Waals surface area contributed by atoms with Crippen molar-refractivity contribution < 1.29 is 4.42 Å². The van der Waals surface area contributed by atoms with E-state index in [0.29, 0.717) is 11.8 Å². The number of nitrogens with zero attached hydrogens (tertiary/aromatic N) is 6. The predicted molar refractivity (Wildman–Crippen MR) is 92.9 cm³/mol. The molecule has 3 aromatic heterocycles. The first-order valence-corrected chi connectivity index (χ1v) is 9.09. The molecule has 1 saturated heterocycles. The van der Waals surface area contributed by atoms with Crippen molar-refractivity contribution in [1.82, 2.24) is 24.8 Å². The van der Waals surface area contributed by atoms with Crippen LogP contribution in [0.3, 0.4) is 0 Å². The summed E-state index contributed by atoms with van der Waals surface area (Å²) in [5, 5.41) is 13.1. The van der Waals surface area contributed by atoms with Gasteiger partial charge in [0, 0.05) is 42.8 Å². The van der Waals surface area contributed by atoms with Crippen LogP contribution >= 0.6 is 0 Å². The van der Waals surface area contributed by atoms with E-state index in [1.54, 1.807) is 0 Å². The molecule has 2 aliphatic rings. The van der Waals surface area contributed by atoms with E-state index in [1.165, 1.54) is 12.8 Å². The average molecular weight is 338 g/mol. The molecule has 0 radical (unpaired) electrons. The maximum absolute atomic E-state index is 5.91. The SMILES string of the molecule is Cc1cc(N2CCC(c3nnc(C4CC4)o3)CC2)n2nc(C)cc2n1. The van der Waals surface area contributed by atoms with Gasteiger partial charge in [-0.15, -0.1) is 10.2 Å². The van der Waals surface area contributed by atoms with Crippen molar-refractivity contribution >= 4 is 11.5 Å². The van der Waals surface area contributed by atoms with Crippen LogP contribution < -0.4 is 4.90 Å². The average Bonchev–Trinajstić information content (AvgIpc) is 3.21. The van der Waals surface area contributed by atoms with Gasteiger partial charge in [-0.2, -0.15) is 9.61 Å². The van der Waals surface area contributed by atoms with Crippen LogP contribution in [0.2, 0.25) is 0 Å². The van der Waals surface area contributed by atoms with Crippen LogP contribution in [0.5, 0.6) is 0 Å². The molecular weight excluding hydrogens is 316 g/mol. The Hall–Kier alpha value is -2.44. The Bertz CT molecular complexity index is 917. The number of aromatic nitrogens is 5. The van der Waals surface area contributed by atoms with Crippen molar-refractivity contribution in [1.29, 1.82) is 0 Å². The van der Waals surface area contributed by atoms with Crippen molar-refractivity contribution in [3.8, 4) is 0 Å². The third kappa shape index (κ3) is 2.67. The van der Waals surface area contributed by atoms with Gasteiger partial charge in [0.25, 0.3) is 0 Å². The second-order valence-corrected chi connectivity index (χ2v) is 7.33. The molecule has 1 saturated carbocycles. The lowest BCUT2D eigenvalue weighted by Gasteiger charge is -2.32.